The number of benzene rings is 2. The molecule has 29 heavy (non-hydrogen) atoms. The van der Waals surface area contributed by atoms with Gasteiger partial charge >= 0.3 is 6.18 Å². The highest BCUT2D eigenvalue weighted by Gasteiger charge is 2.30. The molecule has 2 aromatic carbocycles. The van der Waals surface area contributed by atoms with Crippen LogP contribution in [0.2, 0.25) is 0 Å². The number of hydrogen-bond acceptors (Lipinski definition) is 4. The van der Waals surface area contributed by atoms with Crippen molar-refractivity contribution in [3.05, 3.63) is 54.1 Å². The van der Waals surface area contributed by atoms with Gasteiger partial charge in [-0.25, -0.2) is 0 Å². The summed E-state index contributed by atoms with van der Waals surface area (Å²) in [6.45, 7) is 2.13. The number of nitrogens with zero attached hydrogens (tertiary/aromatic N) is 1. The van der Waals surface area contributed by atoms with Crippen molar-refractivity contribution >= 4 is 23.2 Å². The highest BCUT2D eigenvalue weighted by Crippen LogP contribution is 2.29. The maximum Gasteiger partial charge on any atom is 0.416 e. The van der Waals surface area contributed by atoms with Crippen LogP contribution in [0, 0.1) is 0 Å². The molecule has 0 aromatic heterocycles. The lowest BCUT2D eigenvalue weighted by Crippen LogP contribution is -2.38. The van der Waals surface area contributed by atoms with Crippen molar-refractivity contribution in [2.24, 2.45) is 0 Å². The van der Waals surface area contributed by atoms with Gasteiger partial charge in [-0.15, -0.1) is 0 Å². The summed E-state index contributed by atoms with van der Waals surface area (Å²) < 4.78 is 42.8. The van der Waals surface area contributed by atoms with Crippen molar-refractivity contribution in [3.63, 3.8) is 0 Å². The highest BCUT2D eigenvalue weighted by atomic mass is 19.4. The van der Waals surface area contributed by atoms with Crippen molar-refractivity contribution < 1.29 is 27.5 Å². The van der Waals surface area contributed by atoms with Gasteiger partial charge in [0.2, 0.25) is 11.8 Å². The number of nitrogens with one attached hydrogen (secondary N) is 2. The molecule has 156 valence electrons. The van der Waals surface area contributed by atoms with Crippen LogP contribution in [0.1, 0.15) is 12.5 Å². The summed E-state index contributed by atoms with van der Waals surface area (Å²) in [4.78, 5) is 26.0. The zero-order chi connectivity index (χ0) is 21.4. The number of rotatable bonds is 8. The van der Waals surface area contributed by atoms with Crippen LogP contribution in [0.15, 0.2) is 48.5 Å². The quantitative estimate of drug-likeness (QED) is 0.699. The first kappa shape index (κ1) is 22.2. The Kier molecular flexibility index (Phi) is 7.60. The second kappa shape index (κ2) is 9.92. The van der Waals surface area contributed by atoms with E-state index in [9.17, 15) is 22.8 Å². The number of halogens is 3. The highest BCUT2D eigenvalue weighted by molar-refractivity contribution is 5.94. The van der Waals surface area contributed by atoms with Gasteiger partial charge in [0.25, 0.3) is 0 Å². The van der Waals surface area contributed by atoms with Gasteiger partial charge in [-0.3, -0.25) is 14.5 Å². The molecule has 0 aliphatic carbocycles. The molecule has 2 rings (SSSR count). The Balaban J connectivity index is 1.88. The molecule has 6 nitrogen and oxygen atoms in total. The SMILES string of the molecule is CCN(CC(=O)Nc1ccc(C(F)(F)F)cc1)CC(=O)Nc1cccc(OC)c1. The van der Waals surface area contributed by atoms with Gasteiger partial charge in [0.1, 0.15) is 5.75 Å². The van der Waals surface area contributed by atoms with Crippen LogP contribution in [-0.2, 0) is 15.8 Å². The van der Waals surface area contributed by atoms with Crippen LogP contribution in [0.5, 0.6) is 5.75 Å². The average molecular weight is 409 g/mol. The Morgan fingerprint density at radius 2 is 1.55 bits per heavy atom. The van der Waals surface area contributed by atoms with Gasteiger partial charge in [0.05, 0.1) is 25.8 Å². The summed E-state index contributed by atoms with van der Waals surface area (Å²) in [6, 6.07) is 11.0. The first-order valence-electron chi connectivity index (χ1n) is 8.84. The second-order valence-electron chi connectivity index (χ2n) is 6.21. The summed E-state index contributed by atoms with van der Waals surface area (Å²) in [6.07, 6.45) is -4.43. The Morgan fingerprint density at radius 3 is 2.07 bits per heavy atom. The van der Waals surface area contributed by atoms with Gasteiger partial charge in [-0.05, 0) is 42.9 Å². The van der Waals surface area contributed by atoms with Gasteiger partial charge in [-0.1, -0.05) is 13.0 Å². The molecule has 0 bridgehead atoms. The third-order valence-electron chi connectivity index (χ3n) is 4.03. The standard InChI is InChI=1S/C20H22F3N3O3/c1-3-26(13-19(28)25-16-5-4-6-17(11-16)29-2)12-18(27)24-15-9-7-14(8-10-15)20(21,22)23/h4-11H,3,12-13H2,1-2H3,(H,24,27)(H,25,28). The largest absolute Gasteiger partial charge is 0.497 e. The minimum Gasteiger partial charge on any atom is -0.497 e. The number of amides is 2. The van der Waals surface area contributed by atoms with E-state index in [1.165, 1.54) is 19.2 Å². The van der Waals surface area contributed by atoms with E-state index in [0.717, 1.165) is 12.1 Å². The van der Waals surface area contributed by atoms with E-state index in [1.807, 2.05) is 0 Å². The normalized spacial score (nSPS) is 11.2. The van der Waals surface area contributed by atoms with E-state index in [1.54, 1.807) is 36.1 Å². The van der Waals surface area contributed by atoms with Gasteiger partial charge < -0.3 is 15.4 Å². The van der Waals surface area contributed by atoms with Gasteiger partial charge in [0.15, 0.2) is 0 Å². The van der Waals surface area contributed by atoms with Gasteiger partial charge in [-0.2, -0.15) is 13.2 Å². The molecular formula is C20H22F3N3O3. The third kappa shape index (κ3) is 7.11. The molecule has 0 unspecified atom stereocenters. The zero-order valence-electron chi connectivity index (χ0n) is 16.0. The van der Waals surface area contributed by atoms with Crippen LogP contribution >= 0.6 is 0 Å². The molecule has 0 saturated carbocycles. The van der Waals surface area contributed by atoms with Crippen LogP contribution < -0.4 is 15.4 Å². The van der Waals surface area contributed by atoms with Crippen molar-refractivity contribution in [3.8, 4) is 5.75 Å². The number of ether oxygens (including phenoxy) is 1. The van der Waals surface area contributed by atoms with E-state index in [0.29, 0.717) is 18.0 Å². The molecule has 2 amide bonds. The van der Waals surface area contributed by atoms with Crippen LogP contribution in [0.3, 0.4) is 0 Å². The Labute approximate surface area is 166 Å². The number of alkyl halides is 3. The topological polar surface area (TPSA) is 70.7 Å². The zero-order valence-corrected chi connectivity index (χ0v) is 16.0. The molecule has 0 aliphatic heterocycles. The third-order valence-corrected chi connectivity index (χ3v) is 4.03. The lowest BCUT2D eigenvalue weighted by atomic mass is 10.2. The molecule has 0 aliphatic rings. The molecule has 0 fully saturated rings. The van der Waals surface area contributed by atoms with Crippen molar-refractivity contribution in [2.45, 2.75) is 13.1 Å². The Hall–Kier alpha value is -3.07. The number of carbonyl (C=O) groups is 2. The van der Waals surface area contributed by atoms with Crippen molar-refractivity contribution in [2.75, 3.05) is 37.4 Å². The predicted octanol–water partition coefficient (Wildman–Crippen LogP) is 3.61. The van der Waals surface area contributed by atoms with E-state index in [4.69, 9.17) is 4.74 Å². The maximum absolute atomic E-state index is 12.6. The summed E-state index contributed by atoms with van der Waals surface area (Å²) in [5, 5.41) is 5.25. The van der Waals surface area contributed by atoms with E-state index in [2.05, 4.69) is 10.6 Å². The van der Waals surface area contributed by atoms with Gasteiger partial charge in [0, 0.05) is 17.4 Å². The molecule has 0 saturated heterocycles. The summed E-state index contributed by atoms with van der Waals surface area (Å²) in [5.74, 6) is -0.130. The monoisotopic (exact) mass is 409 g/mol. The lowest BCUT2D eigenvalue weighted by Gasteiger charge is -2.19. The molecule has 0 spiro atoms. The van der Waals surface area contributed by atoms with Crippen molar-refractivity contribution in [1.29, 1.82) is 0 Å². The number of likely N-dealkylation sites (N-methyl/N-ethyl adjacent to an activating group) is 1. The molecular weight excluding hydrogens is 387 g/mol. The van der Waals surface area contributed by atoms with Crippen LogP contribution in [0.25, 0.3) is 0 Å². The lowest BCUT2D eigenvalue weighted by molar-refractivity contribution is -0.137. The average Bonchev–Trinajstić information content (AvgIpc) is 2.67. The van der Waals surface area contributed by atoms with E-state index < -0.39 is 17.6 Å². The number of hydrogen-bond donors (Lipinski definition) is 2. The van der Waals surface area contributed by atoms with Crippen molar-refractivity contribution in [1.82, 2.24) is 4.90 Å². The first-order chi connectivity index (χ1) is 13.7. The maximum atomic E-state index is 12.6. The number of anilines is 2. The van der Waals surface area contributed by atoms with E-state index >= 15 is 0 Å². The smallest absolute Gasteiger partial charge is 0.416 e. The first-order valence-corrected chi connectivity index (χ1v) is 8.84. The fraction of sp³-hybridized carbons (Fsp3) is 0.300. The second-order valence-corrected chi connectivity index (χ2v) is 6.21. The molecule has 2 aromatic rings. The number of carbonyl (C=O) groups excluding carboxylic acids is 2. The van der Waals surface area contributed by atoms with Crippen LogP contribution in [-0.4, -0.2) is 43.5 Å². The fourth-order valence-electron chi connectivity index (χ4n) is 2.53. The van der Waals surface area contributed by atoms with E-state index in [-0.39, 0.29) is 24.7 Å². The minimum atomic E-state index is -4.43. The number of methoxy groups -OCH3 is 1. The molecule has 0 radical (unpaired) electrons. The summed E-state index contributed by atoms with van der Waals surface area (Å²) in [5.41, 5.74) is 0.0272. The minimum absolute atomic E-state index is 0.0197. The fourth-order valence-corrected chi connectivity index (χ4v) is 2.53. The Morgan fingerprint density at radius 1 is 0.966 bits per heavy atom. The Bertz CT molecular complexity index is 839. The summed E-state index contributed by atoms with van der Waals surface area (Å²) in [7, 11) is 1.52. The predicted molar refractivity (Wildman–Crippen MR) is 104 cm³/mol. The van der Waals surface area contributed by atoms with Crippen LogP contribution in [0.4, 0.5) is 24.5 Å². The molecule has 2 N–H and O–H groups in total. The molecule has 0 atom stereocenters. The summed E-state index contributed by atoms with van der Waals surface area (Å²) >= 11 is 0. The molecule has 9 heteroatoms. The molecule has 0 heterocycles.